The van der Waals surface area contributed by atoms with E-state index in [1.807, 2.05) is 12.3 Å². The Morgan fingerprint density at radius 1 is 1.14 bits per heavy atom. The Morgan fingerprint density at radius 3 is 2.76 bits per heavy atom. The van der Waals surface area contributed by atoms with E-state index in [1.54, 1.807) is 0 Å². The van der Waals surface area contributed by atoms with Crippen LogP contribution in [0.2, 0.25) is 0 Å². The molecule has 0 radical (unpaired) electrons. The maximum atomic E-state index is 4.70. The van der Waals surface area contributed by atoms with Gasteiger partial charge in [-0.15, -0.1) is 0 Å². The van der Waals surface area contributed by atoms with Crippen LogP contribution in [0.3, 0.4) is 0 Å². The zero-order chi connectivity index (χ0) is 14.4. The second-order valence-corrected chi connectivity index (χ2v) is 6.95. The van der Waals surface area contributed by atoms with Crippen LogP contribution in [0.5, 0.6) is 0 Å². The number of nitrogens with zero attached hydrogens (tertiary/aromatic N) is 2. The van der Waals surface area contributed by atoms with E-state index in [1.165, 1.54) is 24.0 Å². The average Bonchev–Trinajstić information content (AvgIpc) is 3.28. The molecule has 0 aliphatic heterocycles. The van der Waals surface area contributed by atoms with Crippen molar-refractivity contribution in [2.45, 2.75) is 50.5 Å². The predicted molar refractivity (Wildman–Crippen MR) is 84.5 cm³/mol. The number of hydrogen-bond donors (Lipinski definition) is 1. The van der Waals surface area contributed by atoms with Crippen molar-refractivity contribution < 1.29 is 0 Å². The van der Waals surface area contributed by atoms with E-state index in [2.05, 4.69) is 48.4 Å². The van der Waals surface area contributed by atoms with Gasteiger partial charge in [-0.05, 0) is 41.9 Å². The van der Waals surface area contributed by atoms with Crippen LogP contribution in [-0.2, 0) is 5.41 Å². The smallest absolute Gasteiger partial charge is 0.133 e. The van der Waals surface area contributed by atoms with E-state index in [9.17, 15) is 0 Å². The molecule has 3 nitrogen and oxygen atoms in total. The lowest BCUT2D eigenvalue weighted by Crippen LogP contribution is -2.15. The largest absolute Gasteiger partial charge is 0.363 e. The number of aromatic nitrogens is 2. The van der Waals surface area contributed by atoms with Crippen molar-refractivity contribution in [2.24, 2.45) is 0 Å². The van der Waals surface area contributed by atoms with E-state index in [0.29, 0.717) is 12.0 Å². The first-order valence-electron chi connectivity index (χ1n) is 7.82. The molecule has 3 heteroatoms. The van der Waals surface area contributed by atoms with Crippen molar-refractivity contribution in [3.63, 3.8) is 0 Å². The molecule has 0 amide bonds. The monoisotopic (exact) mass is 279 g/mol. The summed E-state index contributed by atoms with van der Waals surface area (Å²) in [6.07, 6.45) is 5.47. The molecular formula is C18H21N3. The lowest BCUT2D eigenvalue weighted by molar-refractivity contribution is 0.493. The molecule has 21 heavy (non-hydrogen) atoms. The second kappa shape index (κ2) is 4.55. The van der Waals surface area contributed by atoms with Crippen molar-refractivity contribution in [1.29, 1.82) is 0 Å². The Labute approximate surface area is 125 Å². The summed E-state index contributed by atoms with van der Waals surface area (Å²) < 4.78 is 0. The molecule has 0 bridgehead atoms. The molecule has 1 fully saturated rings. The average molecular weight is 279 g/mol. The summed E-state index contributed by atoms with van der Waals surface area (Å²) >= 11 is 0. The van der Waals surface area contributed by atoms with Gasteiger partial charge in [0, 0.05) is 12.1 Å². The second-order valence-electron chi connectivity index (χ2n) is 6.95. The fourth-order valence-corrected chi connectivity index (χ4v) is 3.45. The highest BCUT2D eigenvalue weighted by atomic mass is 15.1. The van der Waals surface area contributed by atoms with Gasteiger partial charge < -0.3 is 5.32 Å². The number of anilines is 1. The van der Waals surface area contributed by atoms with Crippen molar-refractivity contribution in [1.82, 2.24) is 9.97 Å². The van der Waals surface area contributed by atoms with Gasteiger partial charge in [0.2, 0.25) is 0 Å². The van der Waals surface area contributed by atoms with Crippen LogP contribution in [0.25, 0.3) is 0 Å². The molecule has 2 aliphatic carbocycles. The maximum absolute atomic E-state index is 4.70. The van der Waals surface area contributed by atoms with E-state index in [-0.39, 0.29) is 5.41 Å². The van der Waals surface area contributed by atoms with Gasteiger partial charge in [0.1, 0.15) is 11.6 Å². The fourth-order valence-electron chi connectivity index (χ4n) is 3.45. The van der Waals surface area contributed by atoms with Gasteiger partial charge in [0.15, 0.2) is 0 Å². The minimum Gasteiger partial charge on any atom is -0.363 e. The van der Waals surface area contributed by atoms with Gasteiger partial charge in [-0.25, -0.2) is 9.97 Å². The third-order valence-corrected chi connectivity index (χ3v) is 4.72. The maximum Gasteiger partial charge on any atom is 0.133 e. The molecule has 1 heterocycles. The third kappa shape index (κ3) is 2.31. The summed E-state index contributed by atoms with van der Waals surface area (Å²) in [6, 6.07) is 11.1. The van der Waals surface area contributed by atoms with Crippen LogP contribution in [0, 0.1) is 0 Å². The van der Waals surface area contributed by atoms with Crippen LogP contribution < -0.4 is 5.32 Å². The van der Waals surface area contributed by atoms with E-state index in [0.717, 1.165) is 18.1 Å². The molecule has 0 saturated heterocycles. The first kappa shape index (κ1) is 12.8. The summed E-state index contributed by atoms with van der Waals surface area (Å²) in [7, 11) is 0. The van der Waals surface area contributed by atoms with E-state index in [4.69, 9.17) is 4.98 Å². The first-order chi connectivity index (χ1) is 10.1. The summed E-state index contributed by atoms with van der Waals surface area (Å²) in [6.45, 7) is 4.65. The van der Waals surface area contributed by atoms with Crippen molar-refractivity contribution in [3.05, 3.63) is 53.5 Å². The van der Waals surface area contributed by atoms with Gasteiger partial charge in [0.25, 0.3) is 0 Å². The zero-order valence-electron chi connectivity index (χ0n) is 12.6. The summed E-state index contributed by atoms with van der Waals surface area (Å²) in [4.78, 5) is 9.09. The highest BCUT2D eigenvalue weighted by Crippen LogP contribution is 2.45. The SMILES string of the molecule is CC1(C)CC(Nc2ccnc(C3CC3)n2)c2ccccc21. The van der Waals surface area contributed by atoms with Gasteiger partial charge in [-0.1, -0.05) is 38.1 Å². The molecule has 2 aliphatic rings. The highest BCUT2D eigenvalue weighted by molar-refractivity contribution is 5.47. The first-order valence-corrected chi connectivity index (χ1v) is 7.82. The van der Waals surface area contributed by atoms with Crippen LogP contribution in [0.15, 0.2) is 36.5 Å². The minimum absolute atomic E-state index is 0.223. The molecule has 4 rings (SSSR count). The molecule has 1 N–H and O–H groups in total. The standard InChI is InChI=1S/C18H21N3/c1-18(2)11-15(13-5-3-4-6-14(13)18)20-16-9-10-19-17(21-16)12-7-8-12/h3-6,9-10,12,15H,7-8,11H2,1-2H3,(H,19,20,21). The van der Waals surface area contributed by atoms with Crippen molar-refractivity contribution in [3.8, 4) is 0 Å². The molecule has 1 atom stereocenters. The molecule has 2 aromatic rings. The molecule has 1 aromatic heterocycles. The molecule has 1 unspecified atom stereocenters. The number of rotatable bonds is 3. The topological polar surface area (TPSA) is 37.8 Å². The highest BCUT2D eigenvalue weighted by Gasteiger charge is 2.36. The van der Waals surface area contributed by atoms with Gasteiger partial charge in [-0.2, -0.15) is 0 Å². The normalized spacial score (nSPS) is 22.9. The van der Waals surface area contributed by atoms with Crippen molar-refractivity contribution in [2.75, 3.05) is 5.32 Å². The number of nitrogens with one attached hydrogen (secondary N) is 1. The van der Waals surface area contributed by atoms with Crippen LogP contribution in [0.4, 0.5) is 5.82 Å². The summed E-state index contributed by atoms with van der Waals surface area (Å²) in [5.41, 5.74) is 3.09. The zero-order valence-corrected chi connectivity index (χ0v) is 12.6. The Balaban J connectivity index is 1.62. The van der Waals surface area contributed by atoms with E-state index >= 15 is 0 Å². The summed E-state index contributed by atoms with van der Waals surface area (Å²) in [5.74, 6) is 2.56. The quantitative estimate of drug-likeness (QED) is 0.915. The summed E-state index contributed by atoms with van der Waals surface area (Å²) in [5, 5.41) is 3.62. The van der Waals surface area contributed by atoms with Gasteiger partial charge in [0.05, 0.1) is 6.04 Å². The predicted octanol–water partition coefficient (Wildman–Crippen LogP) is 4.19. The molecule has 1 aromatic carbocycles. The van der Waals surface area contributed by atoms with Crippen molar-refractivity contribution >= 4 is 5.82 Å². The Hall–Kier alpha value is -1.90. The Bertz CT molecular complexity index is 674. The van der Waals surface area contributed by atoms with E-state index < -0.39 is 0 Å². The van der Waals surface area contributed by atoms with Crippen LogP contribution in [0.1, 0.15) is 62.0 Å². The minimum atomic E-state index is 0.223. The number of benzene rings is 1. The lowest BCUT2D eigenvalue weighted by atomic mass is 9.86. The Kier molecular flexibility index (Phi) is 2.78. The van der Waals surface area contributed by atoms with Crippen LogP contribution >= 0.6 is 0 Å². The van der Waals surface area contributed by atoms with Crippen LogP contribution in [-0.4, -0.2) is 9.97 Å². The molecule has 108 valence electrons. The molecule has 0 spiro atoms. The fraction of sp³-hybridized carbons (Fsp3) is 0.444. The van der Waals surface area contributed by atoms with Gasteiger partial charge in [-0.3, -0.25) is 0 Å². The van der Waals surface area contributed by atoms with Gasteiger partial charge >= 0.3 is 0 Å². The Morgan fingerprint density at radius 2 is 1.95 bits per heavy atom. The number of fused-ring (bicyclic) bond motifs is 1. The lowest BCUT2D eigenvalue weighted by Gasteiger charge is -2.19. The molecule has 1 saturated carbocycles. The third-order valence-electron chi connectivity index (χ3n) is 4.72. The molecular weight excluding hydrogens is 258 g/mol. The number of hydrogen-bond acceptors (Lipinski definition) is 3.